The van der Waals surface area contributed by atoms with Gasteiger partial charge in [-0.3, -0.25) is 14.4 Å². The molecule has 1 aromatic rings. The van der Waals surface area contributed by atoms with Gasteiger partial charge < -0.3 is 15.7 Å². The van der Waals surface area contributed by atoms with Crippen LogP contribution in [0.15, 0.2) is 24.3 Å². The van der Waals surface area contributed by atoms with Gasteiger partial charge in [-0.2, -0.15) is 0 Å². The van der Waals surface area contributed by atoms with Gasteiger partial charge in [-0.1, -0.05) is 12.1 Å². The minimum Gasteiger partial charge on any atom is -0.481 e. The van der Waals surface area contributed by atoms with Crippen molar-refractivity contribution in [2.24, 2.45) is 11.8 Å². The van der Waals surface area contributed by atoms with Gasteiger partial charge in [0.2, 0.25) is 11.8 Å². The lowest BCUT2D eigenvalue weighted by Gasteiger charge is -2.06. The summed E-state index contributed by atoms with van der Waals surface area (Å²) < 4.78 is 0. The van der Waals surface area contributed by atoms with Crippen LogP contribution in [0.1, 0.15) is 18.9 Å². The standard InChI is InChI=1S/C14H16N2O4/c1-8(17)15-7-9-2-4-10(5-3-9)16-13(18)11-6-12(11)14(19)20/h2-5,11-12H,6-7H2,1H3,(H,15,17)(H,16,18)(H,19,20). The Labute approximate surface area is 116 Å². The van der Waals surface area contributed by atoms with Crippen LogP contribution in [-0.4, -0.2) is 22.9 Å². The first-order valence-electron chi connectivity index (χ1n) is 6.34. The smallest absolute Gasteiger partial charge is 0.307 e. The largest absolute Gasteiger partial charge is 0.481 e. The Bertz CT molecular complexity index is 539. The molecule has 0 heterocycles. The summed E-state index contributed by atoms with van der Waals surface area (Å²) in [5, 5.41) is 14.1. The molecule has 1 aromatic carbocycles. The van der Waals surface area contributed by atoms with E-state index in [0.29, 0.717) is 18.7 Å². The number of anilines is 1. The van der Waals surface area contributed by atoms with Gasteiger partial charge in [-0.15, -0.1) is 0 Å². The zero-order valence-electron chi connectivity index (χ0n) is 11.1. The molecule has 0 aliphatic heterocycles. The molecule has 0 bridgehead atoms. The summed E-state index contributed by atoms with van der Waals surface area (Å²) in [4.78, 5) is 33.2. The van der Waals surface area contributed by atoms with E-state index in [1.165, 1.54) is 6.92 Å². The monoisotopic (exact) mass is 276 g/mol. The van der Waals surface area contributed by atoms with E-state index >= 15 is 0 Å². The summed E-state index contributed by atoms with van der Waals surface area (Å²) in [5.74, 6) is -2.25. The van der Waals surface area contributed by atoms with E-state index in [0.717, 1.165) is 5.56 Å². The van der Waals surface area contributed by atoms with Crippen LogP contribution >= 0.6 is 0 Å². The Morgan fingerprint density at radius 3 is 2.35 bits per heavy atom. The van der Waals surface area contributed by atoms with Crippen LogP contribution in [0, 0.1) is 11.8 Å². The molecular formula is C14H16N2O4. The summed E-state index contributed by atoms with van der Waals surface area (Å²) in [5.41, 5.74) is 1.55. The molecule has 2 atom stereocenters. The van der Waals surface area contributed by atoms with Crippen molar-refractivity contribution in [3.8, 4) is 0 Å². The fourth-order valence-electron chi connectivity index (χ4n) is 1.93. The maximum Gasteiger partial charge on any atom is 0.307 e. The summed E-state index contributed by atoms with van der Waals surface area (Å²) in [6.45, 7) is 1.89. The molecule has 2 rings (SSSR count). The molecule has 0 aromatic heterocycles. The molecule has 20 heavy (non-hydrogen) atoms. The number of rotatable bonds is 5. The quantitative estimate of drug-likeness (QED) is 0.747. The van der Waals surface area contributed by atoms with Gasteiger partial charge in [0.15, 0.2) is 0 Å². The highest BCUT2D eigenvalue weighted by molar-refractivity contribution is 5.98. The Hall–Kier alpha value is -2.37. The first-order valence-corrected chi connectivity index (χ1v) is 6.34. The number of nitrogens with one attached hydrogen (secondary N) is 2. The Balaban J connectivity index is 1.86. The van der Waals surface area contributed by atoms with Crippen molar-refractivity contribution in [2.75, 3.05) is 5.32 Å². The van der Waals surface area contributed by atoms with E-state index in [9.17, 15) is 14.4 Å². The summed E-state index contributed by atoms with van der Waals surface area (Å²) in [6.07, 6.45) is 0.405. The second-order valence-electron chi connectivity index (χ2n) is 4.88. The topological polar surface area (TPSA) is 95.5 Å². The van der Waals surface area contributed by atoms with Crippen molar-refractivity contribution in [3.63, 3.8) is 0 Å². The van der Waals surface area contributed by atoms with Gasteiger partial charge in [0.1, 0.15) is 0 Å². The molecule has 0 saturated heterocycles. The zero-order valence-corrected chi connectivity index (χ0v) is 11.1. The van der Waals surface area contributed by atoms with Gasteiger partial charge in [0.25, 0.3) is 0 Å². The van der Waals surface area contributed by atoms with Crippen molar-refractivity contribution in [1.82, 2.24) is 5.32 Å². The number of carboxylic acid groups (broad SMARTS) is 1. The fourth-order valence-corrected chi connectivity index (χ4v) is 1.93. The number of carbonyl (C=O) groups is 3. The molecule has 1 saturated carbocycles. The first kappa shape index (κ1) is 14.0. The van der Waals surface area contributed by atoms with E-state index in [4.69, 9.17) is 5.11 Å². The second-order valence-corrected chi connectivity index (χ2v) is 4.88. The Morgan fingerprint density at radius 1 is 1.20 bits per heavy atom. The van der Waals surface area contributed by atoms with Gasteiger partial charge in [-0.05, 0) is 24.1 Å². The molecular weight excluding hydrogens is 260 g/mol. The van der Waals surface area contributed by atoms with Crippen molar-refractivity contribution in [2.45, 2.75) is 19.9 Å². The van der Waals surface area contributed by atoms with Crippen LogP contribution < -0.4 is 10.6 Å². The highest BCUT2D eigenvalue weighted by Gasteiger charge is 2.48. The molecule has 3 N–H and O–H groups in total. The number of hydrogen-bond donors (Lipinski definition) is 3. The third-order valence-corrected chi connectivity index (χ3v) is 3.21. The molecule has 0 spiro atoms. The number of hydrogen-bond acceptors (Lipinski definition) is 3. The number of carbonyl (C=O) groups excluding carboxylic acids is 2. The number of aliphatic carboxylic acids is 1. The molecule has 1 aliphatic carbocycles. The maximum absolute atomic E-state index is 11.8. The molecule has 1 aliphatic rings. The van der Waals surface area contributed by atoms with E-state index in [-0.39, 0.29) is 11.8 Å². The van der Waals surface area contributed by atoms with Crippen molar-refractivity contribution in [1.29, 1.82) is 0 Å². The predicted octanol–water partition coefficient (Wildman–Crippen LogP) is 0.982. The maximum atomic E-state index is 11.8. The molecule has 6 nitrogen and oxygen atoms in total. The van der Waals surface area contributed by atoms with Crippen LogP contribution in [0.3, 0.4) is 0 Å². The Morgan fingerprint density at radius 2 is 1.85 bits per heavy atom. The SMILES string of the molecule is CC(=O)NCc1ccc(NC(=O)C2CC2C(=O)O)cc1. The summed E-state index contributed by atoms with van der Waals surface area (Å²) >= 11 is 0. The van der Waals surface area contributed by atoms with Crippen LogP contribution in [0.4, 0.5) is 5.69 Å². The summed E-state index contributed by atoms with van der Waals surface area (Å²) in [6, 6.07) is 7.06. The van der Waals surface area contributed by atoms with E-state index in [1.807, 2.05) is 0 Å². The minimum atomic E-state index is -0.921. The minimum absolute atomic E-state index is 0.101. The van der Waals surface area contributed by atoms with Crippen molar-refractivity contribution >= 4 is 23.5 Å². The lowest BCUT2D eigenvalue weighted by atomic mass is 10.2. The highest BCUT2D eigenvalue weighted by atomic mass is 16.4. The highest BCUT2D eigenvalue weighted by Crippen LogP contribution is 2.39. The third-order valence-electron chi connectivity index (χ3n) is 3.21. The molecule has 2 unspecified atom stereocenters. The molecule has 106 valence electrons. The number of benzene rings is 1. The summed E-state index contributed by atoms with van der Waals surface area (Å²) in [7, 11) is 0. The van der Waals surface area contributed by atoms with E-state index in [2.05, 4.69) is 10.6 Å². The van der Waals surface area contributed by atoms with Crippen LogP contribution in [0.2, 0.25) is 0 Å². The molecule has 2 amide bonds. The average Bonchev–Trinajstić information content (AvgIpc) is 3.18. The van der Waals surface area contributed by atoms with E-state index < -0.39 is 17.8 Å². The van der Waals surface area contributed by atoms with Crippen LogP contribution in [0.5, 0.6) is 0 Å². The normalized spacial score (nSPS) is 20.1. The zero-order chi connectivity index (χ0) is 14.7. The van der Waals surface area contributed by atoms with Gasteiger partial charge >= 0.3 is 5.97 Å². The van der Waals surface area contributed by atoms with Crippen molar-refractivity contribution < 1.29 is 19.5 Å². The first-order chi connectivity index (χ1) is 9.47. The van der Waals surface area contributed by atoms with Gasteiger partial charge in [0, 0.05) is 19.2 Å². The van der Waals surface area contributed by atoms with Crippen LogP contribution in [-0.2, 0) is 20.9 Å². The second kappa shape index (κ2) is 5.73. The van der Waals surface area contributed by atoms with Gasteiger partial charge in [0.05, 0.1) is 11.8 Å². The fraction of sp³-hybridized carbons (Fsp3) is 0.357. The van der Waals surface area contributed by atoms with E-state index in [1.54, 1.807) is 24.3 Å². The molecule has 0 radical (unpaired) electrons. The predicted molar refractivity (Wildman–Crippen MR) is 71.8 cm³/mol. The number of carboxylic acids is 1. The average molecular weight is 276 g/mol. The molecule has 1 fully saturated rings. The lowest BCUT2D eigenvalue weighted by Crippen LogP contribution is -2.19. The third kappa shape index (κ3) is 3.57. The molecule has 6 heteroatoms. The lowest BCUT2D eigenvalue weighted by molar-refractivity contribution is -0.139. The Kier molecular flexibility index (Phi) is 4.02. The van der Waals surface area contributed by atoms with Crippen LogP contribution in [0.25, 0.3) is 0 Å². The number of amides is 2. The van der Waals surface area contributed by atoms with Crippen molar-refractivity contribution in [3.05, 3.63) is 29.8 Å². The van der Waals surface area contributed by atoms with Gasteiger partial charge in [-0.25, -0.2) is 0 Å².